The number of rotatable bonds is 2. The molecule has 0 unspecified atom stereocenters. The van der Waals surface area contributed by atoms with Crippen LogP contribution < -0.4 is 14.7 Å². The van der Waals surface area contributed by atoms with Gasteiger partial charge in [-0.1, -0.05) is 63.4 Å². The molecule has 4 nitrogen and oxygen atoms in total. The molecular formula is C36H39IrN4. The third kappa shape index (κ3) is 4.98. The summed E-state index contributed by atoms with van der Waals surface area (Å²) in [4.78, 5) is 11.4. The molecule has 0 saturated carbocycles. The Balaban J connectivity index is 0.000000218. The molecule has 4 aromatic rings. The number of hydrogen-bond donors (Lipinski definition) is 0. The van der Waals surface area contributed by atoms with Crippen LogP contribution in [0.1, 0.15) is 65.5 Å². The second kappa shape index (κ2) is 10.9. The van der Waals surface area contributed by atoms with Crippen molar-refractivity contribution in [3.8, 4) is 11.3 Å². The molecule has 0 amide bonds. The molecule has 41 heavy (non-hydrogen) atoms. The van der Waals surface area contributed by atoms with E-state index in [1.54, 1.807) is 6.20 Å². The summed E-state index contributed by atoms with van der Waals surface area (Å²) >= 11 is 0. The fourth-order valence-corrected chi connectivity index (χ4v) is 6.41. The summed E-state index contributed by atoms with van der Waals surface area (Å²) in [5.74, 6) is 0. The molecule has 0 radical (unpaired) electrons. The summed E-state index contributed by atoms with van der Waals surface area (Å²) in [5, 5.41) is 0. The van der Waals surface area contributed by atoms with Crippen molar-refractivity contribution >= 4 is 28.4 Å². The number of nitrogens with zero attached hydrogens (tertiary/aromatic N) is 4. The molecule has 212 valence electrons. The van der Waals surface area contributed by atoms with Crippen molar-refractivity contribution in [3.05, 3.63) is 103 Å². The second-order valence-electron chi connectivity index (χ2n) is 12.7. The van der Waals surface area contributed by atoms with Crippen LogP contribution >= 0.6 is 0 Å². The third-order valence-electron chi connectivity index (χ3n) is 8.76. The van der Waals surface area contributed by atoms with Crippen molar-refractivity contribution in [2.24, 2.45) is 0 Å². The van der Waals surface area contributed by atoms with E-state index in [9.17, 15) is 0 Å². The van der Waals surface area contributed by atoms with Crippen LogP contribution in [0, 0.1) is 18.8 Å². The van der Waals surface area contributed by atoms with Crippen LogP contribution in [0.25, 0.3) is 11.3 Å². The minimum Gasteiger partial charge on any atom is -0.499 e. The van der Waals surface area contributed by atoms with Crippen molar-refractivity contribution < 1.29 is 20.1 Å². The largest absolute Gasteiger partial charge is 3.00 e. The number of para-hydroxylation sites is 1. The van der Waals surface area contributed by atoms with Gasteiger partial charge < -0.3 is 19.7 Å². The molecule has 0 N–H and O–H groups in total. The average Bonchev–Trinajstić information content (AvgIpc) is 3.36. The molecule has 1 aromatic heterocycles. The predicted molar refractivity (Wildman–Crippen MR) is 168 cm³/mol. The van der Waals surface area contributed by atoms with Crippen LogP contribution in [-0.2, 0) is 30.9 Å². The molecule has 7 rings (SSSR count). The molecule has 3 aromatic carbocycles. The van der Waals surface area contributed by atoms with Gasteiger partial charge in [0.05, 0.1) is 11.4 Å². The van der Waals surface area contributed by atoms with Gasteiger partial charge in [0.2, 0.25) is 0 Å². The van der Waals surface area contributed by atoms with E-state index in [0.717, 1.165) is 11.3 Å². The number of aromatic nitrogens is 1. The van der Waals surface area contributed by atoms with E-state index in [4.69, 9.17) is 0 Å². The van der Waals surface area contributed by atoms with Gasteiger partial charge in [-0.25, -0.2) is 0 Å². The maximum absolute atomic E-state index is 4.22. The summed E-state index contributed by atoms with van der Waals surface area (Å²) in [5.41, 5.74) is 11.7. The van der Waals surface area contributed by atoms with E-state index in [-0.39, 0.29) is 30.9 Å². The number of benzene rings is 3. The number of pyridine rings is 1. The number of anilines is 5. The summed E-state index contributed by atoms with van der Waals surface area (Å²) in [6.07, 6.45) is 4.23. The minimum absolute atomic E-state index is 0. The van der Waals surface area contributed by atoms with E-state index in [2.05, 4.69) is 111 Å². The molecule has 1 aliphatic carbocycles. The van der Waals surface area contributed by atoms with Crippen LogP contribution in [0.3, 0.4) is 0 Å². The van der Waals surface area contributed by atoms with Crippen molar-refractivity contribution in [2.45, 2.75) is 71.3 Å². The fourth-order valence-electron chi connectivity index (χ4n) is 6.41. The molecule has 0 bridgehead atoms. The van der Waals surface area contributed by atoms with Crippen molar-refractivity contribution in [1.82, 2.24) is 4.98 Å². The van der Waals surface area contributed by atoms with Crippen LogP contribution in [-0.4, -0.2) is 18.1 Å². The van der Waals surface area contributed by atoms with Gasteiger partial charge in [-0.3, -0.25) is 0 Å². The van der Waals surface area contributed by atoms with Gasteiger partial charge in [-0.15, -0.1) is 47.0 Å². The van der Waals surface area contributed by atoms with Gasteiger partial charge in [0, 0.05) is 11.9 Å². The molecule has 5 heteroatoms. The second-order valence-corrected chi connectivity index (χ2v) is 12.7. The van der Waals surface area contributed by atoms with Gasteiger partial charge in [0.15, 0.2) is 0 Å². The van der Waals surface area contributed by atoms with Crippen molar-refractivity contribution in [2.75, 3.05) is 21.7 Å². The van der Waals surface area contributed by atoms with E-state index in [1.165, 1.54) is 52.4 Å². The van der Waals surface area contributed by atoms with Crippen LogP contribution in [0.4, 0.5) is 28.4 Å². The van der Waals surface area contributed by atoms with Gasteiger partial charge in [-0.05, 0) is 68.4 Å². The van der Waals surface area contributed by atoms with Gasteiger partial charge in [-0.2, -0.15) is 18.8 Å². The van der Waals surface area contributed by atoms with Gasteiger partial charge in [0.1, 0.15) is 0 Å². The van der Waals surface area contributed by atoms with E-state index in [0.29, 0.717) is 6.04 Å². The van der Waals surface area contributed by atoms with Crippen LogP contribution in [0.15, 0.2) is 72.9 Å². The average molecular weight is 720 g/mol. The first-order chi connectivity index (χ1) is 19.1. The number of fused-ring (bicyclic) bond motifs is 4. The zero-order valence-electron chi connectivity index (χ0n) is 25.1. The number of hydrogen-bond acceptors (Lipinski definition) is 4. The third-order valence-corrected chi connectivity index (χ3v) is 8.76. The predicted octanol–water partition coefficient (Wildman–Crippen LogP) is 8.95. The van der Waals surface area contributed by atoms with E-state index in [1.807, 2.05) is 42.5 Å². The molecule has 0 atom stereocenters. The minimum atomic E-state index is 0. The smallest absolute Gasteiger partial charge is 0.499 e. The Hall–Kier alpha value is -3.14. The molecule has 2 aliphatic heterocycles. The standard InChI is InChI=1S/C25H31N3.C11H8N.Ir/c1-16(2)27-15-28-20-12-11-17-21(25(5,6)14-13-24(17,3)4)23(20)26(7)18-9-8-10-19(27)22(18)28;1-2-6-10(7-3-1)11-8-4-5-9-12-11;/h8-11,15-16H,13-14H2,1-7H3;1-6,8-9H;/q-2;-1;+3. The first-order valence-corrected chi connectivity index (χ1v) is 14.4. The Morgan fingerprint density at radius 2 is 1.59 bits per heavy atom. The molecule has 3 aliphatic rings. The summed E-state index contributed by atoms with van der Waals surface area (Å²) in [6, 6.07) is 29.9. The Bertz CT molecular complexity index is 1490. The molecule has 0 saturated heterocycles. The first-order valence-electron chi connectivity index (χ1n) is 14.4. The molecular weight excluding hydrogens is 681 g/mol. The summed E-state index contributed by atoms with van der Waals surface area (Å²) < 4.78 is 0. The van der Waals surface area contributed by atoms with Crippen LogP contribution in [0.5, 0.6) is 0 Å². The fraction of sp³-hybridized carbons (Fsp3) is 0.333. The van der Waals surface area contributed by atoms with Gasteiger partial charge in [0.25, 0.3) is 0 Å². The zero-order chi connectivity index (χ0) is 28.2. The normalized spacial score (nSPS) is 17.1. The summed E-state index contributed by atoms with van der Waals surface area (Å²) in [7, 11) is 2.23. The Morgan fingerprint density at radius 1 is 0.854 bits per heavy atom. The summed E-state index contributed by atoms with van der Waals surface area (Å²) in [6.45, 7) is 16.4. The van der Waals surface area contributed by atoms with Crippen molar-refractivity contribution in [3.63, 3.8) is 0 Å². The monoisotopic (exact) mass is 720 g/mol. The van der Waals surface area contributed by atoms with Crippen molar-refractivity contribution in [1.29, 1.82) is 0 Å². The zero-order valence-corrected chi connectivity index (χ0v) is 27.5. The maximum atomic E-state index is 4.22. The molecule has 0 fully saturated rings. The maximum Gasteiger partial charge on any atom is 3.00 e. The Morgan fingerprint density at radius 3 is 2.27 bits per heavy atom. The molecule has 3 heterocycles. The quantitative estimate of drug-likeness (QED) is 0.193. The van der Waals surface area contributed by atoms with E-state index < -0.39 is 0 Å². The van der Waals surface area contributed by atoms with E-state index >= 15 is 0 Å². The SMILES string of the molecule is CC(C)N1[CH-]N2c3[c-]cc4c(c3N(C)c3cccc1c32)C(C)(C)CCC4(C)C.[Ir+3].[c-]1ccccc1-c1ccccn1. The topological polar surface area (TPSA) is 22.6 Å². The first kappa shape index (κ1) is 29.4. The Kier molecular flexibility index (Phi) is 7.82. The van der Waals surface area contributed by atoms with Gasteiger partial charge >= 0.3 is 20.1 Å². The Labute approximate surface area is 259 Å². The van der Waals surface area contributed by atoms with Crippen LogP contribution in [0.2, 0.25) is 0 Å². The molecule has 0 spiro atoms.